The number of benzene rings is 1. The van der Waals surface area contributed by atoms with Crippen molar-refractivity contribution < 1.29 is 9.90 Å². The molecule has 0 aliphatic carbocycles. The van der Waals surface area contributed by atoms with Crippen LogP contribution in [0.25, 0.3) is 0 Å². The Labute approximate surface area is 194 Å². The van der Waals surface area contributed by atoms with E-state index in [1.807, 2.05) is 64.2 Å². The molecule has 0 aromatic heterocycles. The van der Waals surface area contributed by atoms with E-state index in [0.29, 0.717) is 0 Å². The molecule has 174 valence electrons. The molecule has 5 nitrogen and oxygen atoms in total. The van der Waals surface area contributed by atoms with Crippen molar-refractivity contribution in [3.8, 4) is 6.07 Å². The van der Waals surface area contributed by atoms with Gasteiger partial charge in [-0.05, 0) is 82.3 Å². The Morgan fingerprint density at radius 1 is 1.28 bits per heavy atom. The summed E-state index contributed by atoms with van der Waals surface area (Å²) in [6.07, 6.45) is 10.3. The van der Waals surface area contributed by atoms with Gasteiger partial charge in [0.1, 0.15) is 0 Å². The van der Waals surface area contributed by atoms with Crippen LogP contribution in [0.3, 0.4) is 0 Å². The lowest BCUT2D eigenvalue weighted by atomic mass is 10.0. The van der Waals surface area contributed by atoms with E-state index in [0.717, 1.165) is 54.8 Å². The molecule has 0 aliphatic heterocycles. The molecular formula is C27H39N3O2. The Morgan fingerprint density at radius 3 is 2.50 bits per heavy atom. The number of nitriles is 1. The average Bonchev–Trinajstić information content (AvgIpc) is 2.77. The number of hydrogen-bond acceptors (Lipinski definition) is 4. The SMILES string of the molecule is C/C=C(NC)\C(CCCNCCc1cc(CC(=O)O)ccc1C)=C(/C)C#N.C=C/C=C\C. The molecule has 32 heavy (non-hydrogen) atoms. The van der Waals surface area contributed by atoms with E-state index in [1.165, 1.54) is 11.1 Å². The number of aliphatic carboxylic acids is 1. The van der Waals surface area contributed by atoms with Crippen LogP contribution in [0.4, 0.5) is 0 Å². The summed E-state index contributed by atoms with van der Waals surface area (Å²) >= 11 is 0. The van der Waals surface area contributed by atoms with Crippen LogP contribution in [-0.2, 0) is 17.6 Å². The number of carbonyl (C=O) groups is 1. The summed E-state index contributed by atoms with van der Waals surface area (Å²) in [7, 11) is 1.87. The monoisotopic (exact) mass is 437 g/mol. The highest BCUT2D eigenvalue weighted by Gasteiger charge is 2.07. The highest BCUT2D eigenvalue weighted by atomic mass is 16.4. The first kappa shape index (κ1) is 28.9. The number of hydrogen-bond donors (Lipinski definition) is 3. The third kappa shape index (κ3) is 11.9. The zero-order chi connectivity index (χ0) is 24.4. The van der Waals surface area contributed by atoms with Crippen LogP contribution < -0.4 is 10.6 Å². The molecule has 0 bridgehead atoms. The van der Waals surface area contributed by atoms with E-state index in [-0.39, 0.29) is 6.42 Å². The molecule has 0 atom stereocenters. The first-order chi connectivity index (χ1) is 15.3. The minimum Gasteiger partial charge on any atom is -0.481 e. The van der Waals surface area contributed by atoms with E-state index in [4.69, 9.17) is 5.11 Å². The standard InChI is InChI=1S/C22H31N3O2.C5H8/c1-5-21(24-4)20(17(3)15-23)7-6-11-25-12-10-19-13-18(14-22(26)27)9-8-16(19)2;1-3-5-4-2/h5,8-9,13,24-25H,6-7,10-12,14H2,1-4H3,(H,26,27);3-5H,1H2,2H3/b20-17+,21-5+;5-4-. The number of aryl methyl sites for hydroxylation is 1. The Kier molecular flexibility index (Phi) is 15.9. The van der Waals surface area contributed by atoms with Crippen LogP contribution in [-0.4, -0.2) is 31.2 Å². The van der Waals surface area contributed by atoms with E-state index in [2.05, 4.69) is 30.2 Å². The average molecular weight is 438 g/mol. The maximum absolute atomic E-state index is 10.9. The zero-order valence-corrected chi connectivity index (χ0v) is 20.3. The lowest BCUT2D eigenvalue weighted by Gasteiger charge is -2.13. The second kappa shape index (κ2) is 17.6. The summed E-state index contributed by atoms with van der Waals surface area (Å²) in [6, 6.07) is 8.12. The fourth-order valence-corrected chi connectivity index (χ4v) is 3.21. The number of nitrogens with zero attached hydrogens (tertiary/aromatic N) is 1. The van der Waals surface area contributed by atoms with Gasteiger partial charge in [0.05, 0.1) is 12.5 Å². The van der Waals surface area contributed by atoms with Crippen LogP contribution >= 0.6 is 0 Å². The van der Waals surface area contributed by atoms with Gasteiger partial charge in [-0.15, -0.1) is 0 Å². The molecule has 1 rings (SSSR count). The zero-order valence-electron chi connectivity index (χ0n) is 20.3. The summed E-state index contributed by atoms with van der Waals surface area (Å²) < 4.78 is 0. The quantitative estimate of drug-likeness (QED) is 0.236. The van der Waals surface area contributed by atoms with Crippen molar-refractivity contribution in [1.29, 1.82) is 5.26 Å². The van der Waals surface area contributed by atoms with Crippen LogP contribution in [0.2, 0.25) is 0 Å². The van der Waals surface area contributed by atoms with E-state index < -0.39 is 5.97 Å². The lowest BCUT2D eigenvalue weighted by molar-refractivity contribution is -0.136. The summed E-state index contributed by atoms with van der Waals surface area (Å²) in [5.41, 5.74) is 6.06. The van der Waals surface area contributed by atoms with Gasteiger partial charge in [0, 0.05) is 18.3 Å². The van der Waals surface area contributed by atoms with Crippen molar-refractivity contribution >= 4 is 5.97 Å². The normalized spacial score (nSPS) is 11.8. The Hall–Kier alpha value is -3.10. The van der Waals surface area contributed by atoms with Crippen molar-refractivity contribution in [2.24, 2.45) is 0 Å². The van der Waals surface area contributed by atoms with Gasteiger partial charge in [-0.2, -0.15) is 5.26 Å². The number of nitrogens with one attached hydrogen (secondary N) is 2. The topological polar surface area (TPSA) is 85.2 Å². The van der Waals surface area contributed by atoms with Gasteiger partial charge in [-0.25, -0.2) is 0 Å². The molecule has 5 heteroatoms. The molecule has 0 saturated carbocycles. The summed E-state index contributed by atoms with van der Waals surface area (Å²) in [5.74, 6) is -0.804. The smallest absolute Gasteiger partial charge is 0.307 e. The number of allylic oxidation sites excluding steroid dienone is 6. The van der Waals surface area contributed by atoms with Gasteiger partial charge >= 0.3 is 5.97 Å². The van der Waals surface area contributed by atoms with Gasteiger partial charge in [0.15, 0.2) is 0 Å². The van der Waals surface area contributed by atoms with Crippen molar-refractivity contribution in [2.75, 3.05) is 20.1 Å². The van der Waals surface area contributed by atoms with Crippen LogP contribution in [0.5, 0.6) is 0 Å². The van der Waals surface area contributed by atoms with E-state index in [1.54, 1.807) is 6.08 Å². The number of likely N-dealkylation sites (N-methyl/N-ethyl adjacent to an activating group) is 1. The van der Waals surface area contributed by atoms with Gasteiger partial charge in [0.2, 0.25) is 0 Å². The Morgan fingerprint density at radius 2 is 2.00 bits per heavy atom. The summed E-state index contributed by atoms with van der Waals surface area (Å²) in [4.78, 5) is 10.9. The van der Waals surface area contributed by atoms with E-state index >= 15 is 0 Å². The lowest BCUT2D eigenvalue weighted by Crippen LogP contribution is -2.19. The third-order valence-electron chi connectivity index (χ3n) is 4.95. The van der Waals surface area contributed by atoms with Gasteiger partial charge < -0.3 is 15.7 Å². The minimum atomic E-state index is -0.804. The van der Waals surface area contributed by atoms with Gasteiger partial charge in [-0.1, -0.05) is 49.1 Å². The number of carboxylic acids is 1. The predicted molar refractivity (Wildman–Crippen MR) is 134 cm³/mol. The molecule has 0 aliphatic rings. The molecule has 0 fully saturated rings. The summed E-state index contributed by atoms with van der Waals surface area (Å²) in [5, 5.41) is 24.7. The third-order valence-corrected chi connectivity index (χ3v) is 4.95. The van der Waals surface area contributed by atoms with Crippen molar-refractivity contribution in [3.63, 3.8) is 0 Å². The van der Waals surface area contributed by atoms with Crippen LogP contribution in [0, 0.1) is 18.3 Å². The largest absolute Gasteiger partial charge is 0.481 e. The Balaban J connectivity index is 0.00000172. The minimum absolute atomic E-state index is 0.0623. The molecule has 1 aromatic carbocycles. The highest BCUT2D eigenvalue weighted by molar-refractivity contribution is 5.70. The van der Waals surface area contributed by atoms with Gasteiger partial charge in [0.25, 0.3) is 0 Å². The number of rotatable bonds is 12. The second-order valence-electron chi connectivity index (χ2n) is 7.36. The number of carboxylic acid groups (broad SMARTS) is 1. The fourth-order valence-electron chi connectivity index (χ4n) is 3.21. The van der Waals surface area contributed by atoms with E-state index in [9.17, 15) is 10.1 Å². The highest BCUT2D eigenvalue weighted by Crippen LogP contribution is 2.18. The maximum Gasteiger partial charge on any atom is 0.307 e. The van der Waals surface area contributed by atoms with Crippen LogP contribution in [0.15, 0.2) is 65.9 Å². The molecule has 0 saturated heterocycles. The first-order valence-corrected chi connectivity index (χ1v) is 11.0. The molecular weight excluding hydrogens is 398 g/mol. The first-order valence-electron chi connectivity index (χ1n) is 11.0. The molecule has 0 unspecified atom stereocenters. The molecule has 3 N–H and O–H groups in total. The van der Waals surface area contributed by atoms with Crippen molar-refractivity contribution in [2.45, 2.75) is 53.4 Å². The molecule has 0 spiro atoms. The summed E-state index contributed by atoms with van der Waals surface area (Å²) in [6.45, 7) is 13.0. The maximum atomic E-state index is 10.9. The van der Waals surface area contributed by atoms with Crippen LogP contribution in [0.1, 0.15) is 50.3 Å². The molecule has 0 radical (unpaired) electrons. The predicted octanol–water partition coefficient (Wildman–Crippen LogP) is 5.25. The molecule has 1 aromatic rings. The fraction of sp³-hybridized carbons (Fsp3) is 0.407. The van der Waals surface area contributed by atoms with Crippen molar-refractivity contribution in [1.82, 2.24) is 10.6 Å². The second-order valence-corrected chi connectivity index (χ2v) is 7.36. The van der Waals surface area contributed by atoms with Gasteiger partial charge in [-0.3, -0.25) is 4.79 Å². The van der Waals surface area contributed by atoms with Crippen molar-refractivity contribution in [3.05, 3.63) is 82.6 Å². The molecule has 0 amide bonds. The molecule has 0 heterocycles. The Bertz CT molecular complexity index is 858.